The molecule has 0 radical (unpaired) electrons. The van der Waals surface area contributed by atoms with Crippen LogP contribution in [0.1, 0.15) is 5.69 Å². The van der Waals surface area contributed by atoms with Crippen LogP contribution in [0.5, 0.6) is 5.75 Å². The zero-order valence-electron chi connectivity index (χ0n) is 14.0. The zero-order valence-corrected chi connectivity index (χ0v) is 14.8. The van der Waals surface area contributed by atoms with Gasteiger partial charge in [0.15, 0.2) is 0 Å². The van der Waals surface area contributed by atoms with E-state index in [1.165, 1.54) is 0 Å². The maximum atomic E-state index is 6.43. The van der Waals surface area contributed by atoms with Gasteiger partial charge in [0.05, 0.1) is 24.0 Å². The number of hydrogen-bond donors (Lipinski definition) is 0. The number of nitrogens with zero attached hydrogens (tertiary/aromatic N) is 2. The average Bonchev–Trinajstić information content (AvgIpc) is 2.97. The SMILES string of the molecule is COc1ccc(-c2c(C)nn3c(-c4ccccc4)cc(Cl)cc23)cc1. The van der Waals surface area contributed by atoms with Crippen molar-refractivity contribution in [2.24, 2.45) is 0 Å². The number of methoxy groups -OCH3 is 1. The monoisotopic (exact) mass is 348 g/mol. The Bertz CT molecular complexity index is 1040. The van der Waals surface area contributed by atoms with Crippen LogP contribution in [0.15, 0.2) is 66.7 Å². The first-order valence-corrected chi connectivity index (χ1v) is 8.44. The van der Waals surface area contributed by atoms with Gasteiger partial charge in [-0.25, -0.2) is 4.52 Å². The molecular weight excluding hydrogens is 332 g/mol. The Morgan fingerprint density at radius 1 is 0.920 bits per heavy atom. The maximum Gasteiger partial charge on any atom is 0.118 e. The Morgan fingerprint density at radius 2 is 1.64 bits per heavy atom. The first-order chi connectivity index (χ1) is 12.2. The number of ether oxygens (including phenoxy) is 1. The number of hydrogen-bond acceptors (Lipinski definition) is 2. The normalized spacial score (nSPS) is 11.0. The molecule has 3 nitrogen and oxygen atoms in total. The highest BCUT2D eigenvalue weighted by atomic mass is 35.5. The van der Waals surface area contributed by atoms with E-state index in [1.54, 1.807) is 7.11 Å². The van der Waals surface area contributed by atoms with E-state index in [-0.39, 0.29) is 0 Å². The summed E-state index contributed by atoms with van der Waals surface area (Å²) >= 11 is 6.43. The van der Waals surface area contributed by atoms with Crippen molar-refractivity contribution < 1.29 is 4.74 Å². The smallest absolute Gasteiger partial charge is 0.118 e. The number of aromatic nitrogens is 2. The van der Waals surface area contributed by atoms with Crippen LogP contribution in [0, 0.1) is 6.92 Å². The summed E-state index contributed by atoms with van der Waals surface area (Å²) in [5.74, 6) is 0.834. The number of aryl methyl sites for hydroxylation is 1. The van der Waals surface area contributed by atoms with Crippen LogP contribution in [0.25, 0.3) is 27.9 Å². The van der Waals surface area contributed by atoms with E-state index < -0.39 is 0 Å². The van der Waals surface area contributed by atoms with Gasteiger partial charge in [-0.3, -0.25) is 0 Å². The van der Waals surface area contributed by atoms with Crippen molar-refractivity contribution in [3.8, 4) is 28.1 Å². The third-order valence-electron chi connectivity index (χ3n) is 4.32. The van der Waals surface area contributed by atoms with Crippen LogP contribution >= 0.6 is 11.6 Å². The summed E-state index contributed by atoms with van der Waals surface area (Å²) in [6.07, 6.45) is 0. The lowest BCUT2D eigenvalue weighted by Gasteiger charge is -2.08. The maximum absolute atomic E-state index is 6.43. The molecule has 0 N–H and O–H groups in total. The molecule has 2 aromatic carbocycles. The standard InChI is InChI=1S/C21H17ClN2O/c1-14-21(16-8-10-18(25-2)11-9-16)20-13-17(22)12-19(24(20)23-14)15-6-4-3-5-7-15/h3-13H,1-2H3. The Hall–Kier alpha value is -2.78. The topological polar surface area (TPSA) is 26.5 Å². The fourth-order valence-electron chi connectivity index (χ4n) is 3.16. The van der Waals surface area contributed by atoms with Gasteiger partial charge in [0, 0.05) is 16.1 Å². The molecule has 0 aliphatic heterocycles. The summed E-state index contributed by atoms with van der Waals surface area (Å²) in [5, 5.41) is 5.47. The van der Waals surface area contributed by atoms with E-state index in [0.717, 1.165) is 39.3 Å². The van der Waals surface area contributed by atoms with Crippen LogP contribution in [0.4, 0.5) is 0 Å². The van der Waals surface area contributed by atoms with Crippen LogP contribution in [-0.4, -0.2) is 16.7 Å². The molecular formula is C21H17ClN2O. The van der Waals surface area contributed by atoms with Gasteiger partial charge < -0.3 is 4.74 Å². The number of benzene rings is 2. The molecule has 0 spiro atoms. The third kappa shape index (κ3) is 2.77. The first kappa shape index (κ1) is 15.7. The molecule has 0 saturated heterocycles. The highest BCUT2D eigenvalue weighted by molar-refractivity contribution is 6.31. The predicted molar refractivity (Wildman–Crippen MR) is 102 cm³/mol. The van der Waals surface area contributed by atoms with E-state index >= 15 is 0 Å². The molecule has 0 amide bonds. The molecule has 0 saturated carbocycles. The van der Waals surface area contributed by atoms with Gasteiger partial charge in [0.25, 0.3) is 0 Å². The minimum Gasteiger partial charge on any atom is -0.497 e. The molecule has 4 aromatic rings. The first-order valence-electron chi connectivity index (χ1n) is 8.06. The molecule has 0 bridgehead atoms. The van der Waals surface area contributed by atoms with Gasteiger partial charge >= 0.3 is 0 Å². The van der Waals surface area contributed by atoms with E-state index in [4.69, 9.17) is 21.4 Å². The molecule has 124 valence electrons. The van der Waals surface area contributed by atoms with Gasteiger partial charge in [-0.2, -0.15) is 5.10 Å². The quantitative estimate of drug-likeness (QED) is 0.479. The highest BCUT2D eigenvalue weighted by Crippen LogP contribution is 2.34. The van der Waals surface area contributed by atoms with Crippen molar-refractivity contribution >= 4 is 17.1 Å². The number of pyridine rings is 1. The summed E-state index contributed by atoms with van der Waals surface area (Å²) in [7, 11) is 1.67. The zero-order chi connectivity index (χ0) is 17.4. The van der Waals surface area contributed by atoms with Crippen molar-refractivity contribution in [1.82, 2.24) is 9.61 Å². The van der Waals surface area contributed by atoms with Crippen LogP contribution in [0.3, 0.4) is 0 Å². The second-order valence-electron chi connectivity index (χ2n) is 5.91. The Labute approximate surface area is 151 Å². The van der Waals surface area contributed by atoms with Crippen LogP contribution in [0.2, 0.25) is 5.02 Å². The molecule has 0 fully saturated rings. The molecule has 0 unspecified atom stereocenters. The van der Waals surface area contributed by atoms with Crippen molar-refractivity contribution in [3.05, 3.63) is 77.4 Å². The lowest BCUT2D eigenvalue weighted by Crippen LogP contribution is -1.94. The molecule has 2 aromatic heterocycles. The fraction of sp³-hybridized carbons (Fsp3) is 0.0952. The largest absolute Gasteiger partial charge is 0.497 e. The number of fused-ring (bicyclic) bond motifs is 1. The molecule has 25 heavy (non-hydrogen) atoms. The molecule has 0 aliphatic carbocycles. The minimum absolute atomic E-state index is 0.695. The average molecular weight is 349 g/mol. The van der Waals surface area contributed by atoms with Crippen molar-refractivity contribution in [3.63, 3.8) is 0 Å². The van der Waals surface area contributed by atoms with Gasteiger partial charge in [0.1, 0.15) is 5.75 Å². The molecule has 4 rings (SSSR count). The van der Waals surface area contributed by atoms with Gasteiger partial charge in [-0.1, -0.05) is 54.1 Å². The second-order valence-corrected chi connectivity index (χ2v) is 6.35. The Morgan fingerprint density at radius 3 is 2.32 bits per heavy atom. The van der Waals surface area contributed by atoms with Gasteiger partial charge in [0.2, 0.25) is 0 Å². The van der Waals surface area contributed by atoms with Crippen LogP contribution in [-0.2, 0) is 0 Å². The van der Waals surface area contributed by atoms with Crippen molar-refractivity contribution in [2.45, 2.75) is 6.92 Å². The van der Waals surface area contributed by atoms with E-state index in [1.807, 2.05) is 66.0 Å². The van der Waals surface area contributed by atoms with Gasteiger partial charge in [-0.15, -0.1) is 0 Å². The molecule has 4 heteroatoms. The van der Waals surface area contributed by atoms with Gasteiger partial charge in [-0.05, 0) is 36.8 Å². The predicted octanol–water partition coefficient (Wildman–Crippen LogP) is 5.64. The molecule has 0 aliphatic rings. The Kier molecular flexibility index (Phi) is 3.94. The summed E-state index contributed by atoms with van der Waals surface area (Å²) in [5.41, 5.74) is 6.19. The van der Waals surface area contributed by atoms with Crippen molar-refractivity contribution in [1.29, 1.82) is 0 Å². The minimum atomic E-state index is 0.695. The number of rotatable bonds is 3. The summed E-state index contributed by atoms with van der Waals surface area (Å²) in [6.45, 7) is 2.02. The fourth-order valence-corrected chi connectivity index (χ4v) is 3.36. The second kappa shape index (κ2) is 6.26. The summed E-state index contributed by atoms with van der Waals surface area (Å²) in [6, 6.07) is 22.1. The lowest BCUT2D eigenvalue weighted by atomic mass is 10.0. The molecule has 2 heterocycles. The summed E-state index contributed by atoms with van der Waals surface area (Å²) < 4.78 is 7.23. The summed E-state index contributed by atoms with van der Waals surface area (Å²) in [4.78, 5) is 0. The van der Waals surface area contributed by atoms with E-state index in [0.29, 0.717) is 5.02 Å². The highest BCUT2D eigenvalue weighted by Gasteiger charge is 2.15. The lowest BCUT2D eigenvalue weighted by molar-refractivity contribution is 0.415. The van der Waals surface area contributed by atoms with E-state index in [2.05, 4.69) is 12.1 Å². The van der Waals surface area contributed by atoms with Crippen molar-refractivity contribution in [2.75, 3.05) is 7.11 Å². The van der Waals surface area contributed by atoms with Crippen LogP contribution < -0.4 is 4.74 Å². The van der Waals surface area contributed by atoms with E-state index in [9.17, 15) is 0 Å². The Balaban J connectivity index is 1.97. The molecule has 0 atom stereocenters. The third-order valence-corrected chi connectivity index (χ3v) is 4.54. The number of halogens is 1.